The molecule has 5 heteroatoms. The van der Waals surface area contributed by atoms with Gasteiger partial charge in [0.05, 0.1) is 0 Å². The fourth-order valence-electron chi connectivity index (χ4n) is 0.694. The molecule has 0 spiro atoms. The second-order valence-corrected chi connectivity index (χ2v) is 2.35. The summed E-state index contributed by atoms with van der Waals surface area (Å²) in [6.45, 7) is 0.720. The van der Waals surface area contributed by atoms with Crippen LogP contribution < -0.4 is 16.0 Å². The lowest BCUT2D eigenvalue weighted by Crippen LogP contribution is -2.45. The Morgan fingerprint density at radius 3 is 3.30 bits per heavy atom. The van der Waals surface area contributed by atoms with Crippen molar-refractivity contribution in [3.05, 3.63) is 11.9 Å². The van der Waals surface area contributed by atoms with Crippen LogP contribution in [0.2, 0.25) is 0 Å². The molecular weight excluding hydrogens is 150 g/mol. The zero-order valence-corrected chi connectivity index (χ0v) is 6.19. The highest BCUT2D eigenvalue weighted by Gasteiger charge is 2.06. The van der Waals surface area contributed by atoms with Crippen molar-refractivity contribution in [1.29, 1.82) is 0 Å². The molecule has 4 nitrogen and oxygen atoms in total. The van der Waals surface area contributed by atoms with Crippen LogP contribution in [0.4, 0.5) is 0 Å². The van der Waals surface area contributed by atoms with Crippen LogP contribution in [0.5, 0.6) is 0 Å². The minimum atomic E-state index is -0.0764. The van der Waals surface area contributed by atoms with Crippen LogP contribution in [0.25, 0.3) is 0 Å². The van der Waals surface area contributed by atoms with Gasteiger partial charge in [-0.3, -0.25) is 10.1 Å². The molecule has 0 saturated carbocycles. The number of amides is 1. The molecule has 10 heavy (non-hydrogen) atoms. The van der Waals surface area contributed by atoms with Gasteiger partial charge in [0.2, 0.25) is 6.41 Å². The lowest BCUT2D eigenvalue weighted by atomic mass is 10.5. The summed E-state index contributed by atoms with van der Waals surface area (Å²) in [5, 5.41) is 8.38. The van der Waals surface area contributed by atoms with E-state index in [1.54, 1.807) is 0 Å². The summed E-state index contributed by atoms with van der Waals surface area (Å²) in [5.41, 5.74) is -0.0764. The number of carbonyl (C=O) groups is 1. The highest BCUT2D eigenvalue weighted by Crippen LogP contribution is 1.94. The lowest BCUT2D eigenvalue weighted by Gasteiger charge is -2.21. The smallest absolute Gasteiger partial charge is 0.212 e. The molecule has 56 valence electrons. The summed E-state index contributed by atoms with van der Waals surface area (Å²) in [4.78, 5) is 9.94. The zero-order chi connectivity index (χ0) is 7.40. The van der Waals surface area contributed by atoms with Gasteiger partial charge in [0, 0.05) is 6.54 Å². The van der Waals surface area contributed by atoms with Crippen molar-refractivity contribution >= 4 is 19.0 Å². The summed E-state index contributed by atoms with van der Waals surface area (Å²) in [7, 11) is 0. The number of hydrogen-bond acceptors (Lipinski definition) is 4. The van der Waals surface area contributed by atoms with Crippen LogP contribution in [0.1, 0.15) is 0 Å². The first-order valence-electron chi connectivity index (χ1n) is 2.91. The number of hydrogen-bond donors (Lipinski definition) is 4. The average molecular weight is 159 g/mol. The Kier molecular flexibility index (Phi) is 2.58. The molecule has 0 radical (unpaired) electrons. The van der Waals surface area contributed by atoms with E-state index in [1.165, 1.54) is 0 Å². The van der Waals surface area contributed by atoms with Gasteiger partial charge in [-0.25, -0.2) is 0 Å². The minimum absolute atomic E-state index is 0.0764. The number of rotatable bonds is 2. The SMILES string of the molecule is O=CNC1=CCNC(S)N1. The van der Waals surface area contributed by atoms with Gasteiger partial charge in [0.15, 0.2) is 0 Å². The largest absolute Gasteiger partial charge is 0.348 e. The maximum atomic E-state index is 9.94. The molecule has 1 amide bonds. The van der Waals surface area contributed by atoms with Gasteiger partial charge in [0.25, 0.3) is 0 Å². The first-order chi connectivity index (χ1) is 4.83. The van der Waals surface area contributed by atoms with Crippen LogP contribution in [-0.2, 0) is 4.79 Å². The minimum Gasteiger partial charge on any atom is -0.348 e. The van der Waals surface area contributed by atoms with Crippen molar-refractivity contribution in [2.45, 2.75) is 5.50 Å². The van der Waals surface area contributed by atoms with Crippen LogP contribution in [0.15, 0.2) is 11.9 Å². The molecule has 1 atom stereocenters. The normalized spacial score (nSPS) is 24.5. The number of carbonyl (C=O) groups excluding carboxylic acids is 1. The van der Waals surface area contributed by atoms with E-state index in [1.807, 2.05) is 6.08 Å². The molecule has 3 N–H and O–H groups in total. The van der Waals surface area contributed by atoms with E-state index in [-0.39, 0.29) is 5.50 Å². The van der Waals surface area contributed by atoms with E-state index >= 15 is 0 Å². The van der Waals surface area contributed by atoms with Crippen LogP contribution in [-0.4, -0.2) is 18.5 Å². The van der Waals surface area contributed by atoms with Crippen molar-refractivity contribution < 1.29 is 4.79 Å². The fourth-order valence-corrected chi connectivity index (χ4v) is 0.938. The monoisotopic (exact) mass is 159 g/mol. The van der Waals surface area contributed by atoms with Gasteiger partial charge >= 0.3 is 0 Å². The first-order valence-corrected chi connectivity index (χ1v) is 3.43. The quantitative estimate of drug-likeness (QED) is 0.308. The van der Waals surface area contributed by atoms with E-state index in [9.17, 15) is 4.79 Å². The van der Waals surface area contributed by atoms with Crippen LogP contribution >= 0.6 is 12.6 Å². The molecular formula is C5H9N3OS. The molecule has 0 aromatic heterocycles. The summed E-state index contributed by atoms with van der Waals surface area (Å²) in [6.07, 6.45) is 2.46. The summed E-state index contributed by atoms with van der Waals surface area (Å²) < 4.78 is 0. The van der Waals surface area contributed by atoms with Crippen LogP contribution in [0, 0.1) is 0 Å². The molecule has 1 heterocycles. The number of nitrogens with one attached hydrogen (secondary N) is 3. The highest BCUT2D eigenvalue weighted by molar-refractivity contribution is 7.80. The van der Waals surface area contributed by atoms with Crippen molar-refractivity contribution in [2.75, 3.05) is 6.54 Å². The summed E-state index contributed by atoms with van der Waals surface area (Å²) in [6, 6.07) is 0. The van der Waals surface area contributed by atoms with Gasteiger partial charge in [-0.1, -0.05) is 0 Å². The standard InChI is InChI=1S/C5H9N3OS/c9-3-7-4-1-2-6-5(10)8-4/h1,3,5-6,8,10H,2H2,(H,7,9). The summed E-state index contributed by atoms with van der Waals surface area (Å²) in [5.74, 6) is 0.703. The molecule has 1 aliphatic heterocycles. The van der Waals surface area contributed by atoms with Gasteiger partial charge in [-0.2, -0.15) is 0 Å². The van der Waals surface area contributed by atoms with Gasteiger partial charge < -0.3 is 10.6 Å². The second kappa shape index (κ2) is 3.48. The van der Waals surface area contributed by atoms with E-state index in [0.717, 1.165) is 6.54 Å². The molecule has 0 bridgehead atoms. The Morgan fingerprint density at radius 1 is 1.90 bits per heavy atom. The maximum absolute atomic E-state index is 9.94. The number of thiol groups is 1. The second-order valence-electron chi connectivity index (χ2n) is 1.84. The van der Waals surface area contributed by atoms with E-state index in [4.69, 9.17) is 0 Å². The predicted octanol–water partition coefficient (Wildman–Crippen LogP) is -1.02. The Bertz CT molecular complexity index is 159. The van der Waals surface area contributed by atoms with E-state index in [0.29, 0.717) is 12.2 Å². The molecule has 0 fully saturated rings. The molecule has 1 unspecified atom stereocenters. The first kappa shape index (κ1) is 7.43. The third-order valence-electron chi connectivity index (χ3n) is 1.12. The van der Waals surface area contributed by atoms with Crippen molar-refractivity contribution in [3.63, 3.8) is 0 Å². The molecule has 0 aromatic rings. The summed E-state index contributed by atoms with van der Waals surface area (Å²) >= 11 is 4.09. The highest BCUT2D eigenvalue weighted by atomic mass is 32.1. The Morgan fingerprint density at radius 2 is 2.70 bits per heavy atom. The molecule has 0 aliphatic carbocycles. The molecule has 0 saturated heterocycles. The van der Waals surface area contributed by atoms with Crippen molar-refractivity contribution in [3.8, 4) is 0 Å². The van der Waals surface area contributed by atoms with E-state index in [2.05, 4.69) is 28.6 Å². The lowest BCUT2D eigenvalue weighted by molar-refractivity contribution is -0.109. The third-order valence-corrected chi connectivity index (χ3v) is 1.44. The Labute approximate surface area is 64.5 Å². The van der Waals surface area contributed by atoms with Crippen LogP contribution in [0.3, 0.4) is 0 Å². The topological polar surface area (TPSA) is 53.2 Å². The Hall–Kier alpha value is -0.680. The van der Waals surface area contributed by atoms with Gasteiger partial charge in [-0.05, 0) is 6.08 Å². The Balaban J connectivity index is 2.43. The maximum Gasteiger partial charge on any atom is 0.212 e. The van der Waals surface area contributed by atoms with Crippen molar-refractivity contribution in [2.24, 2.45) is 0 Å². The molecule has 1 aliphatic rings. The third kappa shape index (κ3) is 1.93. The van der Waals surface area contributed by atoms with Gasteiger partial charge in [-0.15, -0.1) is 12.6 Å². The molecule has 0 aromatic carbocycles. The van der Waals surface area contributed by atoms with Crippen molar-refractivity contribution in [1.82, 2.24) is 16.0 Å². The average Bonchev–Trinajstić information content (AvgIpc) is 1.88. The molecule has 1 rings (SSSR count). The van der Waals surface area contributed by atoms with E-state index < -0.39 is 0 Å². The zero-order valence-electron chi connectivity index (χ0n) is 5.29. The van der Waals surface area contributed by atoms with Gasteiger partial charge in [0.1, 0.15) is 11.3 Å². The fraction of sp³-hybridized carbons (Fsp3) is 0.400. The predicted molar refractivity (Wildman–Crippen MR) is 41.2 cm³/mol.